The van der Waals surface area contributed by atoms with Crippen molar-refractivity contribution in [3.63, 3.8) is 0 Å². The van der Waals surface area contributed by atoms with Gasteiger partial charge >= 0.3 is 0 Å². The molecule has 1 amide bonds. The Morgan fingerprint density at radius 3 is 2.14 bits per heavy atom. The molecule has 4 aromatic rings. The summed E-state index contributed by atoms with van der Waals surface area (Å²) in [6, 6.07) is 18.6. The molecular formula is C21H14F2N4O. The molecular weight excluding hydrogens is 362 g/mol. The summed E-state index contributed by atoms with van der Waals surface area (Å²) in [5.41, 5.74) is 8.88. The van der Waals surface area contributed by atoms with Crippen LogP contribution in [-0.2, 0) is 0 Å². The molecule has 1 aromatic heterocycles. The third kappa shape index (κ3) is 3.25. The minimum atomic E-state index is -0.902. The van der Waals surface area contributed by atoms with Crippen molar-refractivity contribution in [1.29, 1.82) is 0 Å². The van der Waals surface area contributed by atoms with Crippen molar-refractivity contribution in [3.8, 4) is 33.6 Å². The van der Waals surface area contributed by atoms with Gasteiger partial charge in [0, 0.05) is 5.56 Å². The van der Waals surface area contributed by atoms with Crippen LogP contribution < -0.4 is 5.73 Å². The van der Waals surface area contributed by atoms with Crippen molar-refractivity contribution in [3.05, 3.63) is 84.2 Å². The summed E-state index contributed by atoms with van der Waals surface area (Å²) in [6.07, 6.45) is 0. The van der Waals surface area contributed by atoms with Gasteiger partial charge in [0.15, 0.2) is 17.5 Å². The SMILES string of the molecule is NC(=O)c1nc(-c2cccc(-c3ccccc3-c3ccc(F)c(F)c3)c2)n[nH]1. The van der Waals surface area contributed by atoms with Crippen molar-refractivity contribution >= 4 is 5.91 Å². The molecule has 3 aromatic carbocycles. The van der Waals surface area contributed by atoms with E-state index in [2.05, 4.69) is 15.2 Å². The van der Waals surface area contributed by atoms with Crippen molar-refractivity contribution in [1.82, 2.24) is 15.2 Å². The third-order valence-electron chi connectivity index (χ3n) is 4.31. The first-order valence-corrected chi connectivity index (χ1v) is 8.40. The lowest BCUT2D eigenvalue weighted by atomic mass is 9.93. The first kappa shape index (κ1) is 17.5. The molecule has 0 aliphatic rings. The Bertz CT molecular complexity index is 1190. The molecule has 0 fully saturated rings. The van der Waals surface area contributed by atoms with E-state index in [0.29, 0.717) is 17.0 Å². The van der Waals surface area contributed by atoms with Crippen LogP contribution in [0.2, 0.25) is 0 Å². The Morgan fingerprint density at radius 2 is 1.50 bits per heavy atom. The summed E-state index contributed by atoms with van der Waals surface area (Å²) in [7, 11) is 0. The first-order chi connectivity index (χ1) is 13.5. The maximum atomic E-state index is 13.7. The van der Waals surface area contributed by atoms with Crippen molar-refractivity contribution in [2.24, 2.45) is 5.73 Å². The smallest absolute Gasteiger partial charge is 0.286 e. The minimum Gasteiger partial charge on any atom is -0.363 e. The summed E-state index contributed by atoms with van der Waals surface area (Å²) < 4.78 is 27.0. The number of nitrogens with zero attached hydrogens (tertiary/aromatic N) is 2. The number of H-pyrrole nitrogens is 1. The number of hydrogen-bond acceptors (Lipinski definition) is 3. The number of carbonyl (C=O) groups excluding carboxylic acids is 1. The van der Waals surface area contributed by atoms with E-state index in [1.54, 1.807) is 6.07 Å². The maximum Gasteiger partial charge on any atom is 0.286 e. The highest BCUT2D eigenvalue weighted by Gasteiger charge is 2.13. The van der Waals surface area contributed by atoms with Gasteiger partial charge in [-0.15, -0.1) is 0 Å². The van der Waals surface area contributed by atoms with Crippen LogP contribution in [0.25, 0.3) is 33.6 Å². The van der Waals surface area contributed by atoms with Crippen LogP contribution >= 0.6 is 0 Å². The van der Waals surface area contributed by atoms with E-state index < -0.39 is 17.5 Å². The summed E-state index contributed by atoms with van der Waals surface area (Å²) in [4.78, 5) is 15.3. The number of aromatic amines is 1. The number of carbonyl (C=O) groups is 1. The highest BCUT2D eigenvalue weighted by Crippen LogP contribution is 2.34. The monoisotopic (exact) mass is 376 g/mol. The van der Waals surface area contributed by atoms with E-state index in [0.717, 1.165) is 22.8 Å². The van der Waals surface area contributed by atoms with Gasteiger partial charge < -0.3 is 5.73 Å². The van der Waals surface area contributed by atoms with Crippen LogP contribution in [0, 0.1) is 11.6 Å². The average molecular weight is 376 g/mol. The number of halogens is 2. The van der Waals surface area contributed by atoms with E-state index in [9.17, 15) is 13.6 Å². The van der Waals surface area contributed by atoms with Crippen LogP contribution in [0.1, 0.15) is 10.6 Å². The fraction of sp³-hybridized carbons (Fsp3) is 0. The highest BCUT2D eigenvalue weighted by molar-refractivity contribution is 5.89. The number of primary amides is 1. The number of nitrogens with one attached hydrogen (secondary N) is 1. The third-order valence-corrected chi connectivity index (χ3v) is 4.31. The minimum absolute atomic E-state index is 0.0254. The lowest BCUT2D eigenvalue weighted by molar-refractivity contribution is 0.0991. The summed E-state index contributed by atoms with van der Waals surface area (Å²) in [5.74, 6) is -2.18. The Balaban J connectivity index is 1.80. The van der Waals surface area contributed by atoms with E-state index in [1.807, 2.05) is 42.5 Å². The van der Waals surface area contributed by atoms with Crippen molar-refractivity contribution in [2.75, 3.05) is 0 Å². The van der Waals surface area contributed by atoms with Crippen molar-refractivity contribution in [2.45, 2.75) is 0 Å². The Kier molecular flexibility index (Phi) is 4.41. The van der Waals surface area contributed by atoms with E-state index >= 15 is 0 Å². The van der Waals surface area contributed by atoms with Crippen LogP contribution in [0.4, 0.5) is 8.78 Å². The van der Waals surface area contributed by atoms with Gasteiger partial charge in [-0.1, -0.05) is 48.5 Å². The van der Waals surface area contributed by atoms with Gasteiger partial charge in [-0.3, -0.25) is 9.89 Å². The number of rotatable bonds is 4. The molecule has 0 aliphatic carbocycles. The molecule has 0 unspecified atom stereocenters. The molecule has 4 rings (SSSR count). The van der Waals surface area contributed by atoms with Crippen LogP contribution in [0.15, 0.2) is 66.7 Å². The molecule has 0 spiro atoms. The molecule has 0 saturated carbocycles. The molecule has 0 bridgehead atoms. The summed E-state index contributed by atoms with van der Waals surface area (Å²) >= 11 is 0. The lowest BCUT2D eigenvalue weighted by Gasteiger charge is -2.11. The Labute approximate surface area is 158 Å². The predicted molar refractivity (Wildman–Crippen MR) is 101 cm³/mol. The second-order valence-corrected chi connectivity index (χ2v) is 6.13. The summed E-state index contributed by atoms with van der Waals surface area (Å²) in [5, 5.41) is 6.51. The molecule has 7 heteroatoms. The number of aromatic nitrogens is 3. The van der Waals surface area contributed by atoms with Gasteiger partial charge in [-0.2, -0.15) is 5.10 Å². The number of benzene rings is 3. The molecule has 1 heterocycles. The Morgan fingerprint density at radius 1 is 0.821 bits per heavy atom. The van der Waals surface area contributed by atoms with Crippen LogP contribution in [0.5, 0.6) is 0 Å². The molecule has 28 heavy (non-hydrogen) atoms. The van der Waals surface area contributed by atoms with Gasteiger partial charge in [0.2, 0.25) is 5.82 Å². The second kappa shape index (κ2) is 7.03. The normalized spacial score (nSPS) is 10.8. The van der Waals surface area contributed by atoms with Gasteiger partial charge in [0.05, 0.1) is 0 Å². The Hall–Kier alpha value is -3.87. The average Bonchev–Trinajstić information content (AvgIpc) is 3.21. The highest BCUT2D eigenvalue weighted by atomic mass is 19.2. The lowest BCUT2D eigenvalue weighted by Crippen LogP contribution is -2.12. The molecule has 138 valence electrons. The van der Waals surface area contributed by atoms with Crippen LogP contribution in [-0.4, -0.2) is 21.1 Å². The zero-order chi connectivity index (χ0) is 19.7. The zero-order valence-corrected chi connectivity index (χ0v) is 14.5. The first-order valence-electron chi connectivity index (χ1n) is 8.40. The fourth-order valence-electron chi connectivity index (χ4n) is 2.98. The topological polar surface area (TPSA) is 84.7 Å². The molecule has 0 radical (unpaired) electrons. The van der Waals surface area contributed by atoms with E-state index in [4.69, 9.17) is 5.73 Å². The van der Waals surface area contributed by atoms with E-state index in [1.165, 1.54) is 12.1 Å². The van der Waals surface area contributed by atoms with Gasteiger partial charge in [-0.25, -0.2) is 13.8 Å². The molecule has 0 saturated heterocycles. The van der Waals surface area contributed by atoms with Gasteiger partial charge in [-0.05, 0) is 40.5 Å². The summed E-state index contributed by atoms with van der Waals surface area (Å²) in [6.45, 7) is 0. The van der Waals surface area contributed by atoms with Crippen molar-refractivity contribution < 1.29 is 13.6 Å². The fourth-order valence-corrected chi connectivity index (χ4v) is 2.98. The number of amides is 1. The van der Waals surface area contributed by atoms with Crippen LogP contribution in [0.3, 0.4) is 0 Å². The van der Waals surface area contributed by atoms with E-state index in [-0.39, 0.29) is 5.82 Å². The quantitative estimate of drug-likeness (QED) is 0.560. The zero-order valence-electron chi connectivity index (χ0n) is 14.5. The standard InChI is InChI=1S/C21H14F2N4O/c22-17-9-8-13(11-18(17)23)16-7-2-1-6-15(16)12-4-3-5-14(10-12)20-25-21(19(24)28)27-26-20/h1-11H,(H2,24,28)(H,25,26,27). The number of nitrogens with two attached hydrogens (primary N) is 1. The molecule has 0 aliphatic heterocycles. The molecule has 0 atom stereocenters. The molecule has 3 N–H and O–H groups in total. The predicted octanol–water partition coefficient (Wildman–Crippen LogP) is 4.18. The molecule has 5 nitrogen and oxygen atoms in total. The number of hydrogen-bond donors (Lipinski definition) is 2. The van der Waals surface area contributed by atoms with Gasteiger partial charge in [0.1, 0.15) is 0 Å². The second-order valence-electron chi connectivity index (χ2n) is 6.13. The maximum absolute atomic E-state index is 13.7. The largest absolute Gasteiger partial charge is 0.363 e. The van der Waals surface area contributed by atoms with Gasteiger partial charge in [0.25, 0.3) is 5.91 Å².